The van der Waals surface area contributed by atoms with Gasteiger partial charge < -0.3 is 14.2 Å². The van der Waals surface area contributed by atoms with Gasteiger partial charge in [-0.25, -0.2) is 0 Å². The molecule has 174 valence electrons. The van der Waals surface area contributed by atoms with E-state index in [1.807, 2.05) is 35.2 Å². The molecule has 0 bridgehead atoms. The van der Waals surface area contributed by atoms with Crippen LogP contribution in [0.3, 0.4) is 0 Å². The molecule has 2 aromatic carbocycles. The van der Waals surface area contributed by atoms with Crippen molar-refractivity contribution in [3.8, 4) is 5.75 Å². The van der Waals surface area contributed by atoms with Crippen molar-refractivity contribution >= 4 is 33.5 Å². The molecule has 0 aliphatic carbocycles. The Kier molecular flexibility index (Phi) is 6.79. The van der Waals surface area contributed by atoms with Crippen molar-refractivity contribution in [2.45, 2.75) is 6.54 Å². The molecule has 1 aliphatic rings. The maximum absolute atomic E-state index is 13.6. The lowest BCUT2D eigenvalue weighted by Gasteiger charge is -2.34. The Bertz CT molecular complexity index is 1280. The van der Waals surface area contributed by atoms with Crippen molar-refractivity contribution in [2.75, 3.05) is 39.8 Å². The number of carbonyl (C=O) groups is 1. The van der Waals surface area contributed by atoms with Crippen LogP contribution < -0.4 is 4.74 Å². The monoisotopic (exact) mass is 471 g/mol. The molecule has 1 aliphatic heterocycles. The van der Waals surface area contributed by atoms with E-state index in [4.69, 9.17) is 4.74 Å². The van der Waals surface area contributed by atoms with E-state index in [0.717, 1.165) is 59.9 Å². The van der Waals surface area contributed by atoms with E-state index in [2.05, 4.69) is 63.4 Å². The molecule has 0 radical (unpaired) electrons. The number of carbonyl (C=O) groups excluding carboxylic acids is 1. The summed E-state index contributed by atoms with van der Waals surface area (Å²) in [4.78, 5) is 19.1. The third-order valence-corrected chi connectivity index (χ3v) is 7.28. The number of piperazine rings is 1. The van der Waals surface area contributed by atoms with Crippen LogP contribution in [-0.4, -0.2) is 60.1 Å². The molecule has 0 saturated carbocycles. The zero-order valence-electron chi connectivity index (χ0n) is 19.4. The van der Waals surface area contributed by atoms with Crippen LogP contribution in [-0.2, 0) is 6.54 Å². The first kappa shape index (κ1) is 22.4. The Balaban J connectivity index is 1.26. The Morgan fingerprint density at radius 3 is 2.62 bits per heavy atom. The fourth-order valence-electron chi connectivity index (χ4n) is 4.46. The highest BCUT2D eigenvalue weighted by molar-refractivity contribution is 7.16. The number of fused-ring (bicyclic) bond motifs is 1. The number of hydrogen-bond donors (Lipinski definition) is 0. The molecular formula is C28H29N3O2S. The van der Waals surface area contributed by atoms with Gasteiger partial charge in [-0.15, -0.1) is 11.3 Å². The highest BCUT2D eigenvalue weighted by Crippen LogP contribution is 2.28. The van der Waals surface area contributed by atoms with Crippen LogP contribution >= 0.6 is 11.3 Å². The summed E-state index contributed by atoms with van der Waals surface area (Å²) >= 11 is 1.68. The molecule has 1 fully saturated rings. The Labute approximate surface area is 204 Å². The van der Waals surface area contributed by atoms with E-state index >= 15 is 0 Å². The lowest BCUT2D eigenvalue weighted by Crippen LogP contribution is -2.49. The van der Waals surface area contributed by atoms with Gasteiger partial charge in [-0.3, -0.25) is 9.69 Å². The Morgan fingerprint density at radius 1 is 1.00 bits per heavy atom. The van der Waals surface area contributed by atoms with Gasteiger partial charge in [0.15, 0.2) is 0 Å². The van der Waals surface area contributed by atoms with E-state index in [0.29, 0.717) is 6.54 Å². The number of benzene rings is 2. The lowest BCUT2D eigenvalue weighted by molar-refractivity contribution is 0.0640. The molecule has 0 spiro atoms. The number of methoxy groups -OCH3 is 1. The third kappa shape index (κ3) is 4.93. The van der Waals surface area contributed by atoms with Gasteiger partial charge in [-0.05, 0) is 40.8 Å². The molecule has 4 aromatic rings. The van der Waals surface area contributed by atoms with Crippen LogP contribution in [0.25, 0.3) is 16.3 Å². The summed E-state index contributed by atoms with van der Waals surface area (Å²) in [5, 5.41) is 3.21. The summed E-state index contributed by atoms with van der Waals surface area (Å²) in [6, 6.07) is 22.6. The average Bonchev–Trinajstić information content (AvgIpc) is 3.47. The van der Waals surface area contributed by atoms with Crippen LogP contribution in [0.5, 0.6) is 5.75 Å². The van der Waals surface area contributed by atoms with Crippen molar-refractivity contribution in [1.82, 2.24) is 14.4 Å². The van der Waals surface area contributed by atoms with Gasteiger partial charge >= 0.3 is 0 Å². The van der Waals surface area contributed by atoms with Crippen molar-refractivity contribution in [2.24, 2.45) is 0 Å². The fraction of sp³-hybridized carbons (Fsp3) is 0.250. The van der Waals surface area contributed by atoms with Crippen LogP contribution in [0.15, 0.2) is 78.2 Å². The predicted octanol–water partition coefficient (Wildman–Crippen LogP) is 5.23. The normalized spacial score (nSPS) is 14.8. The standard InChI is InChI=1S/C28H29N3O2S/c1-33-25-11-5-9-23(19-25)21-31-26(20-24-12-18-34-28(24)31)27(32)30-16-14-29(15-17-30)13-6-10-22-7-3-2-4-8-22/h2-12,18-20H,13-17,21H2,1H3. The lowest BCUT2D eigenvalue weighted by atomic mass is 10.2. The zero-order valence-corrected chi connectivity index (χ0v) is 20.2. The minimum absolute atomic E-state index is 0.116. The second kappa shape index (κ2) is 10.3. The summed E-state index contributed by atoms with van der Waals surface area (Å²) < 4.78 is 7.55. The highest BCUT2D eigenvalue weighted by atomic mass is 32.1. The van der Waals surface area contributed by atoms with Crippen LogP contribution in [0.1, 0.15) is 21.6 Å². The van der Waals surface area contributed by atoms with Crippen molar-refractivity contribution in [1.29, 1.82) is 0 Å². The molecule has 34 heavy (non-hydrogen) atoms. The second-order valence-corrected chi connectivity index (χ2v) is 9.45. The van der Waals surface area contributed by atoms with Crippen LogP contribution in [0.2, 0.25) is 0 Å². The van der Waals surface area contributed by atoms with Gasteiger partial charge in [0, 0.05) is 44.7 Å². The van der Waals surface area contributed by atoms with Gasteiger partial charge in [0.1, 0.15) is 16.3 Å². The highest BCUT2D eigenvalue weighted by Gasteiger charge is 2.25. The summed E-state index contributed by atoms with van der Waals surface area (Å²) in [5.74, 6) is 0.947. The van der Waals surface area contributed by atoms with E-state index in [1.165, 1.54) is 5.56 Å². The molecule has 0 atom stereocenters. The first-order valence-electron chi connectivity index (χ1n) is 11.6. The van der Waals surface area contributed by atoms with Gasteiger partial charge in [0.2, 0.25) is 0 Å². The van der Waals surface area contributed by atoms with Crippen LogP contribution in [0.4, 0.5) is 0 Å². The minimum atomic E-state index is 0.116. The molecule has 1 saturated heterocycles. The number of rotatable bonds is 7. The molecule has 2 aromatic heterocycles. The molecule has 0 unspecified atom stereocenters. The molecule has 0 N–H and O–H groups in total. The topological polar surface area (TPSA) is 37.7 Å². The van der Waals surface area contributed by atoms with Crippen LogP contribution in [0, 0.1) is 0 Å². The number of nitrogens with zero attached hydrogens (tertiary/aromatic N) is 3. The largest absolute Gasteiger partial charge is 0.497 e. The van der Waals surface area contributed by atoms with Gasteiger partial charge in [0.25, 0.3) is 5.91 Å². The summed E-state index contributed by atoms with van der Waals surface area (Å²) in [6.45, 7) is 4.81. The Morgan fingerprint density at radius 2 is 1.82 bits per heavy atom. The average molecular weight is 472 g/mol. The number of aromatic nitrogens is 1. The molecular weight excluding hydrogens is 442 g/mol. The van der Waals surface area contributed by atoms with E-state index in [1.54, 1.807) is 18.4 Å². The third-order valence-electron chi connectivity index (χ3n) is 6.33. The maximum atomic E-state index is 13.6. The predicted molar refractivity (Wildman–Crippen MR) is 140 cm³/mol. The van der Waals surface area contributed by atoms with Gasteiger partial charge in [-0.1, -0.05) is 54.6 Å². The SMILES string of the molecule is COc1cccc(Cn2c(C(=O)N3CCN(CC=Cc4ccccc4)CC3)cc3ccsc32)c1. The van der Waals surface area contributed by atoms with Crippen molar-refractivity contribution < 1.29 is 9.53 Å². The maximum Gasteiger partial charge on any atom is 0.270 e. The molecule has 3 heterocycles. The molecule has 5 rings (SSSR count). The number of amides is 1. The number of thiophene rings is 1. The van der Waals surface area contributed by atoms with Crippen molar-refractivity contribution in [3.63, 3.8) is 0 Å². The number of hydrogen-bond acceptors (Lipinski definition) is 4. The summed E-state index contributed by atoms with van der Waals surface area (Å²) in [5.41, 5.74) is 3.10. The number of ether oxygens (including phenoxy) is 1. The fourth-order valence-corrected chi connectivity index (χ4v) is 5.36. The van der Waals surface area contributed by atoms with Gasteiger partial charge in [-0.2, -0.15) is 0 Å². The molecule has 6 heteroatoms. The second-order valence-electron chi connectivity index (χ2n) is 8.55. The summed E-state index contributed by atoms with van der Waals surface area (Å²) in [7, 11) is 1.68. The van der Waals surface area contributed by atoms with E-state index in [9.17, 15) is 4.79 Å². The molecule has 1 amide bonds. The first-order chi connectivity index (χ1) is 16.7. The first-order valence-corrected chi connectivity index (χ1v) is 12.5. The van der Waals surface area contributed by atoms with Crippen molar-refractivity contribution in [3.05, 3.63) is 95.0 Å². The zero-order chi connectivity index (χ0) is 23.3. The van der Waals surface area contributed by atoms with E-state index in [-0.39, 0.29) is 5.91 Å². The molecule has 5 nitrogen and oxygen atoms in total. The van der Waals surface area contributed by atoms with Gasteiger partial charge in [0.05, 0.1) is 7.11 Å². The smallest absolute Gasteiger partial charge is 0.270 e. The minimum Gasteiger partial charge on any atom is -0.497 e. The quantitative estimate of drug-likeness (QED) is 0.370. The summed E-state index contributed by atoms with van der Waals surface area (Å²) in [6.07, 6.45) is 4.37. The Hall–Kier alpha value is -3.35. The van der Waals surface area contributed by atoms with E-state index < -0.39 is 0 Å².